The van der Waals surface area contributed by atoms with Crippen molar-refractivity contribution in [2.75, 3.05) is 14.2 Å². The highest BCUT2D eigenvalue weighted by Crippen LogP contribution is 2.37. The maximum Gasteiger partial charge on any atom is 0.318 e. The van der Waals surface area contributed by atoms with Crippen molar-refractivity contribution in [2.24, 2.45) is 0 Å². The van der Waals surface area contributed by atoms with Crippen LogP contribution in [-0.4, -0.2) is 40.2 Å². The number of esters is 1. The largest absolute Gasteiger partial charge is 0.497 e. The Morgan fingerprint density at radius 1 is 1.15 bits per heavy atom. The van der Waals surface area contributed by atoms with E-state index in [1.54, 1.807) is 7.11 Å². The number of hydrogen-bond donors (Lipinski definition) is 0. The fourth-order valence-corrected chi connectivity index (χ4v) is 4.28. The van der Waals surface area contributed by atoms with E-state index < -0.39 is 0 Å². The van der Waals surface area contributed by atoms with Crippen molar-refractivity contribution in [2.45, 2.75) is 55.5 Å². The molecule has 2 aromatic rings. The molecule has 1 atom stereocenters. The average Bonchev–Trinajstić information content (AvgIpc) is 3.11. The van der Waals surface area contributed by atoms with Crippen LogP contribution < -0.4 is 4.74 Å². The zero-order valence-electron chi connectivity index (χ0n) is 15.5. The number of rotatable bonds is 6. The van der Waals surface area contributed by atoms with E-state index in [2.05, 4.69) is 14.8 Å². The molecule has 0 amide bonds. The molecule has 1 aromatic carbocycles. The standard InChI is InChI=1S/C19H25N3O3S/c1-13(18(23)25-3)26-19-21-20-17(14-9-11-16(24-2)12-10-14)22(19)15-7-5-4-6-8-15/h9-13,15H,4-8H2,1-3H3/t13-/m1/s1. The van der Waals surface area contributed by atoms with E-state index in [9.17, 15) is 4.79 Å². The molecular formula is C19H25N3O3S. The third-order valence-electron chi connectivity index (χ3n) is 4.77. The summed E-state index contributed by atoms with van der Waals surface area (Å²) in [6.07, 6.45) is 5.92. The summed E-state index contributed by atoms with van der Waals surface area (Å²) >= 11 is 1.41. The van der Waals surface area contributed by atoms with Crippen LogP contribution in [-0.2, 0) is 9.53 Å². The monoisotopic (exact) mass is 375 g/mol. The molecule has 7 heteroatoms. The van der Waals surface area contributed by atoms with Crippen LogP contribution in [0.1, 0.15) is 45.1 Å². The Morgan fingerprint density at radius 2 is 1.85 bits per heavy atom. The van der Waals surface area contributed by atoms with Gasteiger partial charge in [0.05, 0.1) is 14.2 Å². The molecule has 0 saturated heterocycles. The van der Waals surface area contributed by atoms with Crippen molar-refractivity contribution in [3.63, 3.8) is 0 Å². The summed E-state index contributed by atoms with van der Waals surface area (Å²) in [5.41, 5.74) is 1.00. The smallest absolute Gasteiger partial charge is 0.318 e. The van der Waals surface area contributed by atoms with Gasteiger partial charge >= 0.3 is 5.97 Å². The number of hydrogen-bond acceptors (Lipinski definition) is 6. The van der Waals surface area contributed by atoms with Gasteiger partial charge in [0.15, 0.2) is 11.0 Å². The lowest BCUT2D eigenvalue weighted by Crippen LogP contribution is -2.18. The normalized spacial score (nSPS) is 16.3. The fraction of sp³-hybridized carbons (Fsp3) is 0.526. The zero-order chi connectivity index (χ0) is 18.5. The molecule has 140 valence electrons. The Labute approximate surface area is 158 Å². The minimum absolute atomic E-state index is 0.251. The molecule has 1 fully saturated rings. The van der Waals surface area contributed by atoms with Crippen LogP contribution in [0.15, 0.2) is 29.4 Å². The van der Waals surface area contributed by atoms with Crippen molar-refractivity contribution >= 4 is 17.7 Å². The summed E-state index contributed by atoms with van der Waals surface area (Å²) in [4.78, 5) is 11.8. The van der Waals surface area contributed by atoms with E-state index in [0.717, 1.165) is 35.1 Å². The fourth-order valence-electron chi connectivity index (χ4n) is 3.33. The number of carbonyl (C=O) groups is 1. The zero-order valence-corrected chi connectivity index (χ0v) is 16.3. The van der Waals surface area contributed by atoms with Crippen molar-refractivity contribution < 1.29 is 14.3 Å². The SMILES string of the molecule is COC(=O)[C@@H](C)Sc1nnc(-c2ccc(OC)cc2)n1C1CCCCC1. The Kier molecular flexibility index (Phi) is 6.19. The van der Waals surface area contributed by atoms with Gasteiger partial charge in [-0.1, -0.05) is 31.0 Å². The van der Waals surface area contributed by atoms with Gasteiger partial charge in [-0.3, -0.25) is 9.36 Å². The van der Waals surface area contributed by atoms with Gasteiger partial charge in [-0.15, -0.1) is 10.2 Å². The van der Waals surface area contributed by atoms with E-state index >= 15 is 0 Å². The number of nitrogens with zero attached hydrogens (tertiary/aromatic N) is 3. The third-order valence-corrected chi connectivity index (χ3v) is 5.80. The Hall–Kier alpha value is -2.02. The van der Waals surface area contributed by atoms with Crippen LogP contribution in [0.5, 0.6) is 5.75 Å². The molecule has 0 radical (unpaired) electrons. The highest BCUT2D eigenvalue weighted by Gasteiger charge is 2.26. The summed E-state index contributed by atoms with van der Waals surface area (Å²) in [5, 5.41) is 9.31. The summed E-state index contributed by atoms with van der Waals surface area (Å²) in [5.74, 6) is 1.41. The topological polar surface area (TPSA) is 66.2 Å². The van der Waals surface area contributed by atoms with Gasteiger partial charge in [-0.05, 0) is 44.0 Å². The molecule has 0 spiro atoms. The first-order valence-corrected chi connectivity index (χ1v) is 9.85. The summed E-state index contributed by atoms with van der Waals surface area (Å²) in [7, 11) is 3.07. The molecule has 1 heterocycles. The predicted molar refractivity (Wildman–Crippen MR) is 101 cm³/mol. The first kappa shape index (κ1) is 18.8. The Bertz CT molecular complexity index is 739. The molecule has 0 unspecified atom stereocenters. The molecule has 0 aliphatic heterocycles. The second-order valence-electron chi connectivity index (χ2n) is 6.48. The lowest BCUT2D eigenvalue weighted by Gasteiger charge is -2.26. The summed E-state index contributed by atoms with van der Waals surface area (Å²) in [6, 6.07) is 8.22. The average molecular weight is 375 g/mol. The van der Waals surface area contributed by atoms with E-state index in [1.807, 2.05) is 31.2 Å². The second kappa shape index (κ2) is 8.58. The maximum absolute atomic E-state index is 11.8. The van der Waals surface area contributed by atoms with Crippen LogP contribution >= 0.6 is 11.8 Å². The number of thioether (sulfide) groups is 1. The minimum atomic E-state index is -0.324. The van der Waals surface area contributed by atoms with Crippen molar-refractivity contribution in [3.8, 4) is 17.1 Å². The van der Waals surface area contributed by atoms with E-state index in [1.165, 1.54) is 38.1 Å². The van der Waals surface area contributed by atoms with E-state index in [4.69, 9.17) is 9.47 Å². The molecule has 0 bridgehead atoms. The van der Waals surface area contributed by atoms with Gasteiger partial charge < -0.3 is 9.47 Å². The lowest BCUT2D eigenvalue weighted by molar-refractivity contribution is -0.139. The van der Waals surface area contributed by atoms with Gasteiger partial charge in [-0.2, -0.15) is 0 Å². The quantitative estimate of drug-likeness (QED) is 0.559. The number of benzene rings is 1. The Balaban J connectivity index is 1.96. The van der Waals surface area contributed by atoms with Crippen LogP contribution in [0.25, 0.3) is 11.4 Å². The second-order valence-corrected chi connectivity index (χ2v) is 7.79. The Morgan fingerprint density at radius 3 is 2.46 bits per heavy atom. The number of methoxy groups -OCH3 is 2. The summed E-state index contributed by atoms with van der Waals surface area (Å²) in [6.45, 7) is 1.84. The van der Waals surface area contributed by atoms with Crippen LogP contribution in [0.2, 0.25) is 0 Å². The van der Waals surface area contributed by atoms with Gasteiger partial charge in [-0.25, -0.2) is 0 Å². The highest BCUT2D eigenvalue weighted by atomic mass is 32.2. The van der Waals surface area contributed by atoms with Gasteiger partial charge in [0.25, 0.3) is 0 Å². The van der Waals surface area contributed by atoms with Gasteiger partial charge in [0.1, 0.15) is 11.0 Å². The number of aromatic nitrogens is 3. The number of carbonyl (C=O) groups excluding carboxylic acids is 1. The third kappa shape index (κ3) is 4.03. The molecule has 3 rings (SSSR count). The molecular weight excluding hydrogens is 350 g/mol. The van der Waals surface area contributed by atoms with Crippen LogP contribution in [0, 0.1) is 0 Å². The minimum Gasteiger partial charge on any atom is -0.497 e. The van der Waals surface area contributed by atoms with Gasteiger partial charge in [0, 0.05) is 11.6 Å². The first-order chi connectivity index (χ1) is 12.6. The predicted octanol–water partition coefficient (Wildman–Crippen LogP) is 4.11. The molecule has 1 aliphatic rings. The van der Waals surface area contributed by atoms with E-state index in [0.29, 0.717) is 6.04 Å². The van der Waals surface area contributed by atoms with E-state index in [-0.39, 0.29) is 11.2 Å². The van der Waals surface area contributed by atoms with Crippen molar-refractivity contribution in [1.29, 1.82) is 0 Å². The molecule has 0 N–H and O–H groups in total. The molecule has 1 aromatic heterocycles. The molecule has 1 saturated carbocycles. The van der Waals surface area contributed by atoms with Crippen molar-refractivity contribution in [3.05, 3.63) is 24.3 Å². The molecule has 6 nitrogen and oxygen atoms in total. The molecule has 26 heavy (non-hydrogen) atoms. The van der Waals surface area contributed by atoms with Gasteiger partial charge in [0.2, 0.25) is 0 Å². The lowest BCUT2D eigenvalue weighted by atomic mass is 9.95. The van der Waals surface area contributed by atoms with Crippen LogP contribution in [0.4, 0.5) is 0 Å². The van der Waals surface area contributed by atoms with Crippen LogP contribution in [0.3, 0.4) is 0 Å². The van der Waals surface area contributed by atoms with Crippen molar-refractivity contribution in [1.82, 2.24) is 14.8 Å². The highest BCUT2D eigenvalue weighted by molar-refractivity contribution is 8.00. The maximum atomic E-state index is 11.8. The number of ether oxygens (including phenoxy) is 2. The molecule has 1 aliphatic carbocycles. The first-order valence-electron chi connectivity index (χ1n) is 8.98. The summed E-state index contributed by atoms with van der Waals surface area (Å²) < 4.78 is 12.3.